The number of ether oxygens (including phenoxy) is 4. The van der Waals surface area contributed by atoms with Crippen LogP contribution < -0.4 is 29.6 Å². The van der Waals surface area contributed by atoms with E-state index in [4.69, 9.17) is 42.8 Å². The second kappa shape index (κ2) is 9.00. The van der Waals surface area contributed by atoms with Gasteiger partial charge in [0.2, 0.25) is 12.7 Å². The Hall–Kier alpha value is -3.69. The van der Waals surface area contributed by atoms with Crippen molar-refractivity contribution in [3.8, 4) is 23.0 Å². The topological polar surface area (TPSA) is 81.3 Å². The lowest BCUT2D eigenvalue weighted by Crippen LogP contribution is -2.71. The zero-order valence-electron chi connectivity index (χ0n) is 20.1. The Kier molecular flexibility index (Phi) is 5.77. The Balaban J connectivity index is 1.41. The number of methoxy groups -OCH3 is 1. The van der Waals surface area contributed by atoms with Crippen LogP contribution in [0.3, 0.4) is 0 Å². The van der Waals surface area contributed by atoms with Crippen LogP contribution in [0.4, 0.5) is 5.69 Å². The summed E-state index contributed by atoms with van der Waals surface area (Å²) >= 11 is 11.9. The first-order valence-corrected chi connectivity index (χ1v) is 12.5. The van der Waals surface area contributed by atoms with Gasteiger partial charge < -0.3 is 34.5 Å². The molecular formula is C27H24ClN3O5S. The highest BCUT2D eigenvalue weighted by Gasteiger charge is 2.59. The van der Waals surface area contributed by atoms with Crippen LogP contribution in [-0.2, 0) is 11.3 Å². The molecule has 8 nitrogen and oxygen atoms in total. The Labute approximate surface area is 224 Å². The zero-order chi connectivity index (χ0) is 25.7. The lowest BCUT2D eigenvalue weighted by atomic mass is 9.78. The molecule has 1 saturated heterocycles. The summed E-state index contributed by atoms with van der Waals surface area (Å²) < 4.78 is 23.3. The minimum atomic E-state index is -1.14. The van der Waals surface area contributed by atoms with Crippen molar-refractivity contribution in [1.82, 2.24) is 10.2 Å². The van der Waals surface area contributed by atoms with Gasteiger partial charge in [-0.2, -0.15) is 0 Å². The molecule has 0 aromatic heterocycles. The van der Waals surface area contributed by atoms with Crippen LogP contribution in [0.1, 0.15) is 24.1 Å². The Morgan fingerprint density at radius 1 is 1.19 bits per heavy atom. The zero-order valence-corrected chi connectivity index (χ0v) is 21.7. The van der Waals surface area contributed by atoms with Crippen LogP contribution in [0.5, 0.6) is 23.0 Å². The van der Waals surface area contributed by atoms with Gasteiger partial charge in [-0.25, -0.2) is 0 Å². The maximum atomic E-state index is 13.9. The van der Waals surface area contributed by atoms with Crippen LogP contribution in [0.25, 0.3) is 0 Å². The molecule has 3 heterocycles. The second-order valence-corrected chi connectivity index (χ2v) is 10.0. The molecule has 3 aromatic rings. The summed E-state index contributed by atoms with van der Waals surface area (Å²) in [7, 11) is 1.60. The fourth-order valence-electron chi connectivity index (χ4n) is 5.20. The van der Waals surface area contributed by atoms with Crippen LogP contribution in [-0.4, -0.2) is 35.5 Å². The predicted molar refractivity (Wildman–Crippen MR) is 142 cm³/mol. The quantitative estimate of drug-likeness (QED) is 0.446. The van der Waals surface area contributed by atoms with E-state index in [0.29, 0.717) is 45.4 Å². The van der Waals surface area contributed by atoms with Crippen molar-refractivity contribution in [3.63, 3.8) is 0 Å². The largest absolute Gasteiger partial charge is 0.493 e. The van der Waals surface area contributed by atoms with Gasteiger partial charge in [-0.1, -0.05) is 29.8 Å². The molecule has 37 heavy (non-hydrogen) atoms. The molecule has 10 heteroatoms. The van der Waals surface area contributed by atoms with Crippen molar-refractivity contribution in [1.29, 1.82) is 0 Å². The number of fused-ring (bicyclic) bond motifs is 5. The Bertz CT molecular complexity index is 1400. The van der Waals surface area contributed by atoms with E-state index in [-0.39, 0.29) is 12.7 Å². The fraction of sp³-hybridized carbons (Fsp3) is 0.259. The molecule has 0 aliphatic carbocycles. The maximum absolute atomic E-state index is 13.9. The molecule has 3 atom stereocenters. The van der Waals surface area contributed by atoms with E-state index in [0.717, 1.165) is 11.1 Å². The number of benzene rings is 3. The first-order chi connectivity index (χ1) is 17.9. The van der Waals surface area contributed by atoms with Gasteiger partial charge in [-0.05, 0) is 67.2 Å². The number of hydrogen-bond donors (Lipinski definition) is 2. The molecule has 0 unspecified atom stereocenters. The number of nitrogens with one attached hydrogen (secondary N) is 2. The van der Waals surface area contributed by atoms with Gasteiger partial charge in [-0.3, -0.25) is 4.79 Å². The molecular weight excluding hydrogens is 514 g/mol. The van der Waals surface area contributed by atoms with Crippen molar-refractivity contribution >= 4 is 40.5 Å². The molecule has 0 radical (unpaired) electrons. The number of thiocarbonyl (C=S) groups is 1. The monoisotopic (exact) mass is 537 g/mol. The smallest absolute Gasteiger partial charge is 0.236 e. The van der Waals surface area contributed by atoms with E-state index in [1.807, 2.05) is 48.2 Å². The lowest BCUT2D eigenvalue weighted by Gasteiger charge is -2.56. The van der Waals surface area contributed by atoms with Crippen LogP contribution >= 0.6 is 23.8 Å². The van der Waals surface area contributed by atoms with Gasteiger partial charge in [0.1, 0.15) is 5.92 Å². The summed E-state index contributed by atoms with van der Waals surface area (Å²) in [5.41, 5.74) is 1.23. The lowest BCUT2D eigenvalue weighted by molar-refractivity contribution is -0.151. The molecule has 2 bridgehead atoms. The van der Waals surface area contributed by atoms with Gasteiger partial charge >= 0.3 is 0 Å². The highest BCUT2D eigenvalue weighted by molar-refractivity contribution is 7.80. The van der Waals surface area contributed by atoms with Crippen LogP contribution in [0, 0.1) is 5.92 Å². The van der Waals surface area contributed by atoms with Crippen molar-refractivity contribution in [2.75, 3.05) is 19.2 Å². The number of hydrogen-bond acceptors (Lipinski definition) is 6. The van der Waals surface area contributed by atoms with Crippen molar-refractivity contribution in [3.05, 3.63) is 76.8 Å². The molecule has 3 aromatic carbocycles. The van der Waals surface area contributed by atoms with Crippen molar-refractivity contribution in [2.24, 2.45) is 5.92 Å². The summed E-state index contributed by atoms with van der Waals surface area (Å²) in [6, 6.07) is 17.9. The number of anilines is 1. The molecule has 0 saturated carbocycles. The molecule has 6 rings (SSSR count). The number of carbonyl (C=O) groups is 1. The molecule has 3 aliphatic rings. The van der Waals surface area contributed by atoms with Gasteiger partial charge in [0.25, 0.3) is 0 Å². The maximum Gasteiger partial charge on any atom is 0.236 e. The number of amides is 1. The first-order valence-electron chi connectivity index (χ1n) is 11.8. The molecule has 0 spiro atoms. The van der Waals surface area contributed by atoms with Crippen molar-refractivity contribution < 1.29 is 23.7 Å². The Morgan fingerprint density at radius 2 is 1.97 bits per heavy atom. The third kappa shape index (κ3) is 3.98. The molecule has 3 aliphatic heterocycles. The van der Waals surface area contributed by atoms with Crippen molar-refractivity contribution in [2.45, 2.75) is 25.2 Å². The number of rotatable bonds is 5. The summed E-state index contributed by atoms with van der Waals surface area (Å²) in [5, 5.41) is 7.51. The average molecular weight is 538 g/mol. The standard InChI is InChI=1S/C27H24ClN3O5S/c1-27-22(25(32)29-17-9-7-16(28)8-10-17)23(18-4-3-5-20(33-2)24(18)36-27)30-26(37)31(27)13-15-6-11-19-21(12-15)35-14-34-19/h3-12,22-23H,13-14H2,1-2H3,(H,29,32)(H,30,37)/t22-,23-,27-/m1/s1. The third-order valence-electron chi connectivity index (χ3n) is 7.02. The van der Waals surface area contributed by atoms with Gasteiger partial charge in [0, 0.05) is 22.8 Å². The molecule has 1 amide bonds. The summed E-state index contributed by atoms with van der Waals surface area (Å²) in [6.07, 6.45) is 0. The predicted octanol–water partition coefficient (Wildman–Crippen LogP) is 4.87. The first kappa shape index (κ1) is 23.7. The van der Waals surface area contributed by atoms with E-state index in [1.54, 1.807) is 31.4 Å². The van der Waals surface area contributed by atoms with Crippen LogP contribution in [0.2, 0.25) is 5.02 Å². The Morgan fingerprint density at radius 3 is 2.76 bits per heavy atom. The van der Waals surface area contributed by atoms with Crippen LogP contribution in [0.15, 0.2) is 60.7 Å². The normalized spacial score (nSPS) is 23.0. The average Bonchev–Trinajstić information content (AvgIpc) is 3.35. The van der Waals surface area contributed by atoms with E-state index < -0.39 is 17.7 Å². The number of halogens is 1. The summed E-state index contributed by atoms with van der Waals surface area (Å²) in [5.74, 6) is 1.66. The highest BCUT2D eigenvalue weighted by atomic mass is 35.5. The molecule has 1 fully saturated rings. The van der Waals surface area contributed by atoms with Gasteiger partial charge in [0.05, 0.1) is 13.2 Å². The minimum Gasteiger partial charge on any atom is -0.493 e. The number of para-hydroxylation sites is 1. The van der Waals surface area contributed by atoms with E-state index in [9.17, 15) is 4.79 Å². The SMILES string of the molecule is COc1cccc2c1O[C@]1(C)[C@@H](C(=O)Nc3ccc(Cl)cc3)[C@@H]2NC(=S)N1Cc1ccc2c(c1)OCO2. The van der Waals surface area contributed by atoms with Gasteiger partial charge in [-0.15, -0.1) is 0 Å². The van der Waals surface area contributed by atoms with E-state index >= 15 is 0 Å². The minimum absolute atomic E-state index is 0.189. The molecule has 2 N–H and O–H groups in total. The second-order valence-electron chi connectivity index (χ2n) is 9.21. The fourth-order valence-corrected chi connectivity index (χ4v) is 5.70. The van der Waals surface area contributed by atoms with Gasteiger partial charge in [0.15, 0.2) is 33.8 Å². The summed E-state index contributed by atoms with van der Waals surface area (Å²) in [4.78, 5) is 15.8. The summed E-state index contributed by atoms with van der Waals surface area (Å²) in [6.45, 7) is 2.46. The third-order valence-corrected chi connectivity index (χ3v) is 7.61. The van der Waals surface area contributed by atoms with E-state index in [1.165, 1.54) is 0 Å². The van der Waals surface area contributed by atoms with E-state index in [2.05, 4.69) is 10.6 Å². The molecule has 190 valence electrons. The number of carbonyl (C=O) groups excluding carboxylic acids is 1. The number of nitrogens with zero attached hydrogens (tertiary/aromatic N) is 1. The highest BCUT2D eigenvalue weighted by Crippen LogP contribution is 2.52.